The number of amides is 1. The number of nitrogens with one attached hydrogen (secondary N) is 1. The topological polar surface area (TPSA) is 92.7 Å². The van der Waals surface area contributed by atoms with Gasteiger partial charge in [0.2, 0.25) is 5.91 Å². The zero-order valence-corrected chi connectivity index (χ0v) is 16.5. The fourth-order valence-corrected chi connectivity index (χ4v) is 2.46. The average molecular weight is 386 g/mol. The van der Waals surface area contributed by atoms with Gasteiger partial charge in [-0.05, 0) is 18.3 Å². The van der Waals surface area contributed by atoms with E-state index in [9.17, 15) is 13.2 Å². The van der Waals surface area contributed by atoms with Crippen LogP contribution >= 0.6 is 0 Å². The summed E-state index contributed by atoms with van der Waals surface area (Å²) in [6.07, 6.45) is 11.7. The number of hydrogen-bond donors (Lipinski definition) is 2. The summed E-state index contributed by atoms with van der Waals surface area (Å²) in [7, 11) is -4.45. The van der Waals surface area contributed by atoms with Gasteiger partial charge in [0.15, 0.2) is 0 Å². The largest absolute Gasteiger partial charge is 0.397 e. The van der Waals surface area contributed by atoms with E-state index >= 15 is 0 Å². The molecule has 0 radical (unpaired) electrons. The van der Waals surface area contributed by atoms with Gasteiger partial charge >= 0.3 is 10.4 Å². The lowest BCUT2D eigenvalue weighted by Crippen LogP contribution is -2.27. The number of carbonyl (C=O) groups is 1. The van der Waals surface area contributed by atoms with Crippen LogP contribution in [0, 0.1) is 23.7 Å². The van der Waals surface area contributed by atoms with Gasteiger partial charge in [-0.15, -0.1) is 0 Å². The van der Waals surface area contributed by atoms with Gasteiger partial charge < -0.3 is 5.32 Å². The van der Waals surface area contributed by atoms with Crippen LogP contribution in [-0.2, 0) is 19.4 Å². The molecular weight excluding hydrogens is 354 g/mol. The van der Waals surface area contributed by atoms with Crippen LogP contribution in [0.4, 0.5) is 0 Å². The highest BCUT2D eigenvalue weighted by atomic mass is 32.3. The first kappa shape index (κ1) is 24.5. The van der Waals surface area contributed by atoms with Gasteiger partial charge in [0.05, 0.1) is 6.61 Å². The van der Waals surface area contributed by atoms with E-state index in [0.717, 1.165) is 12.8 Å². The van der Waals surface area contributed by atoms with E-state index in [1.54, 1.807) is 0 Å². The summed E-state index contributed by atoms with van der Waals surface area (Å²) < 4.78 is 33.0. The van der Waals surface area contributed by atoms with Crippen LogP contribution < -0.4 is 5.32 Å². The molecule has 0 aliphatic carbocycles. The Morgan fingerprint density at radius 2 is 1.54 bits per heavy atom. The minimum Gasteiger partial charge on any atom is -0.354 e. The van der Waals surface area contributed by atoms with Crippen LogP contribution in [0.3, 0.4) is 0 Å². The molecule has 26 heavy (non-hydrogen) atoms. The summed E-state index contributed by atoms with van der Waals surface area (Å²) in [4.78, 5) is 11.4. The van der Waals surface area contributed by atoms with E-state index in [0.29, 0.717) is 6.42 Å². The lowest BCUT2D eigenvalue weighted by molar-refractivity contribution is -0.121. The van der Waals surface area contributed by atoms with Crippen LogP contribution in [-0.4, -0.2) is 32.0 Å². The molecule has 0 saturated carbocycles. The molecule has 6 nitrogen and oxygen atoms in total. The quantitative estimate of drug-likeness (QED) is 0.272. The van der Waals surface area contributed by atoms with Gasteiger partial charge in [0, 0.05) is 25.8 Å². The standard InChI is InChI=1S/C19H31NO5S/c1-2-3-4-5-6-7-8-9-10-11-12-13-14-15-16-19(21)20-17-18-25-26(22,23)24/h2-10,15-18H2,1H3,(H,20,21)(H,22,23,24). The molecule has 0 saturated heterocycles. The smallest absolute Gasteiger partial charge is 0.354 e. The number of rotatable bonds is 14. The first-order valence-electron chi connectivity index (χ1n) is 9.30. The monoisotopic (exact) mass is 385 g/mol. The van der Waals surface area contributed by atoms with Crippen LogP contribution in [0.15, 0.2) is 0 Å². The van der Waals surface area contributed by atoms with Gasteiger partial charge in [0.1, 0.15) is 0 Å². The second kappa shape index (κ2) is 16.9. The summed E-state index contributed by atoms with van der Waals surface area (Å²) in [6, 6.07) is 0. The fraction of sp³-hybridized carbons (Fsp3) is 0.737. The maximum Gasteiger partial charge on any atom is 0.397 e. The minimum atomic E-state index is -4.45. The molecule has 0 fully saturated rings. The molecule has 0 spiro atoms. The molecule has 0 aromatic rings. The first-order chi connectivity index (χ1) is 12.5. The Hall–Kier alpha value is -1.54. The van der Waals surface area contributed by atoms with E-state index in [-0.39, 0.29) is 25.5 Å². The Kier molecular flexibility index (Phi) is 15.9. The zero-order chi connectivity index (χ0) is 19.5. The highest BCUT2D eigenvalue weighted by Crippen LogP contribution is 2.08. The Balaban J connectivity index is 3.51. The molecule has 0 heterocycles. The number of hydrogen-bond acceptors (Lipinski definition) is 4. The molecular formula is C19H31NO5S. The first-order valence-corrected chi connectivity index (χ1v) is 10.7. The highest BCUT2D eigenvalue weighted by Gasteiger charge is 2.04. The predicted octanol–water partition coefficient (Wildman–Crippen LogP) is 3.24. The van der Waals surface area contributed by atoms with Gasteiger partial charge in [-0.1, -0.05) is 63.7 Å². The van der Waals surface area contributed by atoms with Crippen LogP contribution in [0.5, 0.6) is 0 Å². The van der Waals surface area contributed by atoms with Crippen molar-refractivity contribution in [1.29, 1.82) is 0 Å². The molecule has 0 aromatic carbocycles. The Morgan fingerprint density at radius 1 is 0.962 bits per heavy atom. The molecule has 1 amide bonds. The summed E-state index contributed by atoms with van der Waals surface area (Å²) >= 11 is 0. The Labute approximate surface area is 158 Å². The molecule has 0 rings (SSSR count). The third kappa shape index (κ3) is 20.5. The van der Waals surface area contributed by atoms with Crippen molar-refractivity contribution in [3.05, 3.63) is 0 Å². The Morgan fingerprint density at radius 3 is 2.15 bits per heavy atom. The van der Waals surface area contributed by atoms with Crippen molar-refractivity contribution in [3.63, 3.8) is 0 Å². The number of carbonyl (C=O) groups excluding carboxylic acids is 1. The summed E-state index contributed by atoms with van der Waals surface area (Å²) in [5, 5.41) is 2.46. The van der Waals surface area contributed by atoms with Gasteiger partial charge in [0.25, 0.3) is 0 Å². The fourth-order valence-electron chi connectivity index (χ4n) is 2.16. The van der Waals surface area contributed by atoms with Gasteiger partial charge in [-0.25, -0.2) is 4.18 Å². The lowest BCUT2D eigenvalue weighted by Gasteiger charge is -2.02. The van der Waals surface area contributed by atoms with E-state index in [4.69, 9.17) is 4.55 Å². The summed E-state index contributed by atoms with van der Waals surface area (Å²) in [6.45, 7) is 1.92. The van der Waals surface area contributed by atoms with Crippen LogP contribution in [0.2, 0.25) is 0 Å². The van der Waals surface area contributed by atoms with Crippen molar-refractivity contribution in [3.8, 4) is 23.7 Å². The van der Waals surface area contributed by atoms with E-state index in [1.165, 1.54) is 44.9 Å². The van der Waals surface area contributed by atoms with Crippen LogP contribution in [0.25, 0.3) is 0 Å². The second-order valence-corrected chi connectivity index (χ2v) is 7.02. The molecule has 148 valence electrons. The van der Waals surface area contributed by atoms with E-state index < -0.39 is 10.4 Å². The lowest BCUT2D eigenvalue weighted by atomic mass is 10.1. The molecule has 0 aliphatic rings. The molecule has 0 aliphatic heterocycles. The van der Waals surface area contributed by atoms with Crippen molar-refractivity contribution in [1.82, 2.24) is 5.32 Å². The molecule has 0 atom stereocenters. The van der Waals surface area contributed by atoms with Crippen LogP contribution in [0.1, 0.15) is 77.6 Å². The SMILES string of the molecule is CCCCCCCCCCC#CC#CCCC(=O)NCCOS(=O)(=O)O. The van der Waals surface area contributed by atoms with E-state index in [1.807, 2.05) is 0 Å². The highest BCUT2D eigenvalue weighted by molar-refractivity contribution is 7.80. The summed E-state index contributed by atoms with van der Waals surface area (Å²) in [5.41, 5.74) is 0. The maximum absolute atomic E-state index is 11.4. The van der Waals surface area contributed by atoms with Crippen molar-refractivity contribution in [2.45, 2.75) is 77.6 Å². The van der Waals surface area contributed by atoms with E-state index in [2.05, 4.69) is 40.1 Å². The van der Waals surface area contributed by atoms with Gasteiger partial charge in [-0.2, -0.15) is 8.42 Å². The van der Waals surface area contributed by atoms with Crippen molar-refractivity contribution in [2.24, 2.45) is 0 Å². The predicted molar refractivity (Wildman–Crippen MR) is 103 cm³/mol. The molecule has 0 bridgehead atoms. The minimum absolute atomic E-state index is 0.00443. The zero-order valence-electron chi connectivity index (χ0n) is 15.7. The van der Waals surface area contributed by atoms with Crippen molar-refractivity contribution in [2.75, 3.05) is 13.2 Å². The summed E-state index contributed by atoms with van der Waals surface area (Å²) in [5.74, 6) is 11.1. The molecule has 2 N–H and O–H groups in total. The molecule has 7 heteroatoms. The average Bonchev–Trinajstić information content (AvgIpc) is 2.58. The second-order valence-electron chi connectivity index (χ2n) is 5.93. The van der Waals surface area contributed by atoms with Gasteiger partial charge in [-0.3, -0.25) is 9.35 Å². The van der Waals surface area contributed by atoms with Crippen molar-refractivity contribution < 1.29 is 21.9 Å². The number of unbranched alkanes of at least 4 members (excludes halogenated alkanes) is 8. The third-order valence-electron chi connectivity index (χ3n) is 3.53. The molecule has 0 aromatic heterocycles. The Bertz CT molecular complexity index is 593. The third-order valence-corrected chi connectivity index (χ3v) is 3.99. The van der Waals surface area contributed by atoms with Crippen molar-refractivity contribution >= 4 is 16.3 Å². The molecule has 0 unspecified atom stereocenters. The normalized spacial score (nSPS) is 10.4. The maximum atomic E-state index is 11.4.